The summed E-state index contributed by atoms with van der Waals surface area (Å²) in [5, 5.41) is 4.32. The molecule has 1 fully saturated rings. The van der Waals surface area contributed by atoms with Crippen LogP contribution in [0.4, 0.5) is 8.78 Å². The number of amides is 1. The van der Waals surface area contributed by atoms with Crippen molar-refractivity contribution in [2.75, 3.05) is 13.7 Å². The highest BCUT2D eigenvalue weighted by molar-refractivity contribution is 5.97. The monoisotopic (exact) mass is 537 g/mol. The van der Waals surface area contributed by atoms with Crippen LogP contribution in [0.25, 0.3) is 0 Å². The number of benzene rings is 2. The van der Waals surface area contributed by atoms with E-state index in [1.165, 1.54) is 23.9 Å². The molecule has 8 nitrogen and oxygen atoms in total. The van der Waals surface area contributed by atoms with Gasteiger partial charge in [-0.2, -0.15) is 5.10 Å². The van der Waals surface area contributed by atoms with E-state index in [2.05, 4.69) is 5.10 Å². The Hall–Kier alpha value is -3.92. The molecular formula is C29H29F2N3O5. The molecule has 0 spiro atoms. The first-order valence-electron chi connectivity index (χ1n) is 12.8. The Kier molecular flexibility index (Phi) is 7.07. The Morgan fingerprint density at radius 2 is 1.87 bits per heavy atom. The van der Waals surface area contributed by atoms with E-state index < -0.39 is 58.3 Å². The van der Waals surface area contributed by atoms with Crippen LogP contribution in [0.15, 0.2) is 59.5 Å². The molecule has 0 N–H and O–H groups in total. The average molecular weight is 538 g/mol. The zero-order valence-electron chi connectivity index (χ0n) is 21.9. The van der Waals surface area contributed by atoms with Crippen molar-refractivity contribution in [3.05, 3.63) is 93.4 Å². The van der Waals surface area contributed by atoms with Crippen LogP contribution in [0.5, 0.6) is 5.75 Å². The summed E-state index contributed by atoms with van der Waals surface area (Å²) in [7, 11) is 1.45. The molecule has 0 aliphatic carbocycles. The maximum atomic E-state index is 15.4. The van der Waals surface area contributed by atoms with E-state index in [-0.39, 0.29) is 17.7 Å². The van der Waals surface area contributed by atoms with E-state index in [1.54, 1.807) is 43.0 Å². The second kappa shape index (κ2) is 10.3. The number of hydrogen-bond acceptors (Lipinski definition) is 6. The number of nitrogens with zero attached hydrogens (tertiary/aromatic N) is 3. The molecule has 5 rings (SSSR count). The fourth-order valence-corrected chi connectivity index (χ4v) is 5.59. The molecule has 2 aliphatic rings. The molecule has 204 valence electrons. The van der Waals surface area contributed by atoms with Crippen LogP contribution in [0, 0.1) is 11.6 Å². The topological polar surface area (TPSA) is 90.7 Å². The highest BCUT2D eigenvalue weighted by atomic mass is 19.2. The van der Waals surface area contributed by atoms with Gasteiger partial charge < -0.3 is 14.4 Å². The van der Waals surface area contributed by atoms with Crippen LogP contribution < -0.4 is 10.2 Å². The second-order valence-electron chi connectivity index (χ2n) is 10.5. The van der Waals surface area contributed by atoms with Crippen molar-refractivity contribution in [2.24, 2.45) is 0 Å². The Morgan fingerprint density at radius 1 is 1.13 bits per heavy atom. The van der Waals surface area contributed by atoms with Crippen LogP contribution in [0.1, 0.15) is 66.7 Å². The minimum Gasteiger partial charge on any atom is -0.420 e. The number of carbonyl (C=O) groups is 2. The molecule has 1 aromatic heterocycles. The highest BCUT2D eigenvalue weighted by Gasteiger charge is 2.49. The first-order chi connectivity index (χ1) is 18.6. The summed E-state index contributed by atoms with van der Waals surface area (Å²) in [6.45, 7) is 3.79. The third-order valence-corrected chi connectivity index (χ3v) is 7.56. The van der Waals surface area contributed by atoms with Crippen LogP contribution in [0.2, 0.25) is 0 Å². The van der Waals surface area contributed by atoms with Gasteiger partial charge in [-0.15, -0.1) is 0 Å². The van der Waals surface area contributed by atoms with E-state index in [0.717, 1.165) is 12.3 Å². The third kappa shape index (κ3) is 4.85. The predicted octanol–water partition coefficient (Wildman–Crippen LogP) is 4.23. The minimum absolute atomic E-state index is 0.0965. The van der Waals surface area contributed by atoms with E-state index in [9.17, 15) is 18.8 Å². The van der Waals surface area contributed by atoms with Crippen molar-refractivity contribution in [3.63, 3.8) is 0 Å². The predicted molar refractivity (Wildman–Crippen MR) is 138 cm³/mol. The van der Waals surface area contributed by atoms with Crippen LogP contribution in [-0.4, -0.2) is 51.9 Å². The maximum absolute atomic E-state index is 15.4. The summed E-state index contributed by atoms with van der Waals surface area (Å²) in [5.41, 5.74) is -1.01. The fourth-order valence-electron chi connectivity index (χ4n) is 5.59. The van der Waals surface area contributed by atoms with Gasteiger partial charge in [-0.3, -0.25) is 14.4 Å². The standard InChI is InChI=1S/C29H29F2N3O5/c1-29(2,38-3)15-22(36)39-27-21(35)16-32-34-25(20-13-8-14-33(20)28(37)26(27)34)23(17-9-5-4-6-10-17)18-11-7-12-19(30)24(18)31/h4-7,9-12,16,20,23,25H,8,13-15H2,1-3H3/t20-,23-,25-/m1/s1. The smallest absolute Gasteiger partial charge is 0.314 e. The van der Waals surface area contributed by atoms with Crippen molar-refractivity contribution in [3.8, 4) is 5.75 Å². The maximum Gasteiger partial charge on any atom is 0.314 e. The quantitative estimate of drug-likeness (QED) is 0.419. The van der Waals surface area contributed by atoms with Crippen molar-refractivity contribution in [1.29, 1.82) is 0 Å². The first-order valence-corrected chi connectivity index (χ1v) is 12.8. The molecule has 3 aromatic rings. The van der Waals surface area contributed by atoms with E-state index in [1.807, 2.05) is 6.07 Å². The lowest BCUT2D eigenvalue weighted by molar-refractivity contribution is -0.139. The zero-order valence-corrected chi connectivity index (χ0v) is 21.9. The van der Waals surface area contributed by atoms with E-state index >= 15 is 4.39 Å². The van der Waals surface area contributed by atoms with E-state index in [4.69, 9.17) is 9.47 Å². The van der Waals surface area contributed by atoms with Gasteiger partial charge in [-0.05, 0) is 38.3 Å². The SMILES string of the molecule is COC(C)(C)CC(=O)Oc1c2n(ncc1=O)[C@@H]([C@H](c1ccccc1)c1cccc(F)c1F)[C@H]1CCCN1C2=O. The number of carbonyl (C=O) groups excluding carboxylic acids is 2. The number of aromatic nitrogens is 2. The summed E-state index contributed by atoms with van der Waals surface area (Å²) < 4.78 is 42.0. The summed E-state index contributed by atoms with van der Waals surface area (Å²) in [6.07, 6.45) is 2.09. The summed E-state index contributed by atoms with van der Waals surface area (Å²) >= 11 is 0. The van der Waals surface area contributed by atoms with Gasteiger partial charge in [0.15, 0.2) is 17.3 Å². The number of hydrogen-bond donors (Lipinski definition) is 0. The van der Waals surface area contributed by atoms with Crippen molar-refractivity contribution in [2.45, 2.75) is 56.7 Å². The molecule has 10 heteroatoms. The third-order valence-electron chi connectivity index (χ3n) is 7.56. The molecule has 2 aromatic carbocycles. The molecule has 2 aliphatic heterocycles. The van der Waals surface area contributed by atoms with Gasteiger partial charge in [0.05, 0.1) is 30.3 Å². The molecule has 39 heavy (non-hydrogen) atoms. The van der Waals surface area contributed by atoms with Gasteiger partial charge in [0.25, 0.3) is 5.91 Å². The molecule has 0 saturated carbocycles. The molecule has 1 saturated heterocycles. The molecular weight excluding hydrogens is 508 g/mol. The average Bonchev–Trinajstić information content (AvgIpc) is 3.40. The van der Waals surface area contributed by atoms with Gasteiger partial charge in [0.1, 0.15) is 0 Å². The second-order valence-corrected chi connectivity index (χ2v) is 10.5. The van der Waals surface area contributed by atoms with Crippen LogP contribution >= 0.6 is 0 Å². The summed E-state index contributed by atoms with van der Waals surface area (Å²) in [5.74, 6) is -4.45. The lowest BCUT2D eigenvalue weighted by Gasteiger charge is -2.42. The van der Waals surface area contributed by atoms with Crippen molar-refractivity contribution in [1.82, 2.24) is 14.7 Å². The van der Waals surface area contributed by atoms with Crippen molar-refractivity contribution >= 4 is 11.9 Å². The zero-order chi connectivity index (χ0) is 27.9. The molecule has 0 unspecified atom stereocenters. The number of halogens is 2. The Balaban J connectivity index is 1.71. The fraction of sp³-hybridized carbons (Fsp3) is 0.379. The summed E-state index contributed by atoms with van der Waals surface area (Å²) in [6, 6.07) is 11.9. The van der Waals surface area contributed by atoms with Gasteiger partial charge in [0.2, 0.25) is 11.2 Å². The number of ether oxygens (including phenoxy) is 2. The van der Waals surface area contributed by atoms with Crippen molar-refractivity contribution < 1.29 is 27.8 Å². The normalized spacial score (nSPS) is 19.4. The Bertz CT molecular complexity index is 1470. The lowest BCUT2D eigenvalue weighted by Crippen LogP contribution is -2.51. The summed E-state index contributed by atoms with van der Waals surface area (Å²) in [4.78, 5) is 41.1. The highest BCUT2D eigenvalue weighted by Crippen LogP contribution is 2.46. The molecule has 3 atom stereocenters. The van der Waals surface area contributed by atoms with Gasteiger partial charge in [-0.1, -0.05) is 42.5 Å². The molecule has 1 amide bonds. The molecule has 0 bridgehead atoms. The van der Waals surface area contributed by atoms with Gasteiger partial charge in [0, 0.05) is 25.1 Å². The largest absolute Gasteiger partial charge is 0.420 e. The molecule has 0 radical (unpaired) electrons. The van der Waals surface area contributed by atoms with Gasteiger partial charge >= 0.3 is 5.97 Å². The number of methoxy groups -OCH3 is 1. The number of rotatable bonds is 7. The number of esters is 1. The Morgan fingerprint density at radius 3 is 2.59 bits per heavy atom. The van der Waals surface area contributed by atoms with Crippen LogP contribution in [0.3, 0.4) is 0 Å². The van der Waals surface area contributed by atoms with E-state index in [0.29, 0.717) is 24.9 Å². The molecule has 3 heterocycles. The lowest BCUT2D eigenvalue weighted by atomic mass is 9.79. The number of fused-ring (bicyclic) bond motifs is 2. The Labute approximate surface area is 224 Å². The first kappa shape index (κ1) is 26.7. The van der Waals surface area contributed by atoms with Gasteiger partial charge in [-0.25, -0.2) is 13.5 Å². The van der Waals surface area contributed by atoms with Crippen LogP contribution in [-0.2, 0) is 9.53 Å². The minimum atomic E-state index is -0.996.